The Kier molecular flexibility index (Phi) is 7.21. The lowest BCUT2D eigenvalue weighted by molar-refractivity contribution is -0.136. The van der Waals surface area contributed by atoms with Crippen molar-refractivity contribution >= 4 is 23.6 Å². The first-order valence-corrected chi connectivity index (χ1v) is 6.09. The highest BCUT2D eigenvalue weighted by molar-refractivity contribution is 8.00. The van der Waals surface area contributed by atoms with Gasteiger partial charge in [0.05, 0.1) is 11.7 Å². The van der Waals surface area contributed by atoms with Gasteiger partial charge in [-0.3, -0.25) is 9.59 Å². The number of hydrogen-bond acceptors (Lipinski definition) is 3. The first kappa shape index (κ1) is 14.3. The second-order valence-corrected chi connectivity index (χ2v) is 5.24. The Hall–Kier alpha value is -0.710. The Balaban J connectivity index is 3.64. The molecular weight excluding hydrogens is 214 g/mol. The molecule has 0 saturated heterocycles. The van der Waals surface area contributed by atoms with Crippen LogP contribution in [-0.2, 0) is 9.59 Å². The second-order valence-electron chi connectivity index (χ2n) is 3.80. The maximum absolute atomic E-state index is 11.4. The first-order chi connectivity index (χ1) is 6.93. The van der Waals surface area contributed by atoms with Gasteiger partial charge in [-0.15, -0.1) is 11.8 Å². The lowest BCUT2D eigenvalue weighted by atomic mass is 10.2. The van der Waals surface area contributed by atoms with Gasteiger partial charge in [-0.2, -0.15) is 0 Å². The van der Waals surface area contributed by atoms with E-state index in [1.165, 1.54) is 11.8 Å². The van der Waals surface area contributed by atoms with E-state index in [0.29, 0.717) is 18.2 Å². The van der Waals surface area contributed by atoms with Crippen molar-refractivity contribution in [3.63, 3.8) is 0 Å². The Morgan fingerprint density at radius 2 is 1.93 bits per heavy atom. The van der Waals surface area contributed by atoms with Crippen LogP contribution in [0.25, 0.3) is 0 Å². The largest absolute Gasteiger partial charge is 0.481 e. The van der Waals surface area contributed by atoms with E-state index in [0.717, 1.165) is 0 Å². The summed E-state index contributed by atoms with van der Waals surface area (Å²) in [5.74, 6) is 0.0764. The molecule has 0 aliphatic carbocycles. The maximum atomic E-state index is 11.4. The van der Waals surface area contributed by atoms with Crippen molar-refractivity contribution < 1.29 is 14.7 Å². The summed E-state index contributed by atoms with van der Waals surface area (Å²) in [6.45, 7) is 6.52. The molecule has 2 N–H and O–H groups in total. The van der Waals surface area contributed by atoms with Crippen molar-refractivity contribution in [3.05, 3.63) is 0 Å². The first-order valence-electron chi connectivity index (χ1n) is 5.04. The average molecular weight is 233 g/mol. The highest BCUT2D eigenvalue weighted by Crippen LogP contribution is 2.11. The zero-order valence-electron chi connectivity index (χ0n) is 9.45. The molecule has 0 aromatic carbocycles. The molecule has 0 fully saturated rings. The smallest absolute Gasteiger partial charge is 0.304 e. The van der Waals surface area contributed by atoms with Gasteiger partial charge in [0.2, 0.25) is 5.91 Å². The number of hydrogen-bond donors (Lipinski definition) is 2. The van der Waals surface area contributed by atoms with Gasteiger partial charge in [-0.1, -0.05) is 13.8 Å². The van der Waals surface area contributed by atoms with Crippen LogP contribution < -0.4 is 5.32 Å². The van der Waals surface area contributed by atoms with Gasteiger partial charge >= 0.3 is 5.97 Å². The Morgan fingerprint density at radius 1 is 1.33 bits per heavy atom. The fraction of sp³-hybridized carbons (Fsp3) is 0.800. The summed E-state index contributed by atoms with van der Waals surface area (Å²) in [7, 11) is 0. The predicted octanol–water partition coefficient (Wildman–Crippen LogP) is 1.35. The molecule has 0 rings (SSSR count). The molecule has 0 aromatic rings. The fourth-order valence-electron chi connectivity index (χ4n) is 0.847. The molecule has 1 atom stereocenters. The van der Waals surface area contributed by atoms with Gasteiger partial charge in [0.25, 0.3) is 0 Å². The maximum Gasteiger partial charge on any atom is 0.304 e. The van der Waals surface area contributed by atoms with Crippen LogP contribution in [-0.4, -0.2) is 34.5 Å². The molecule has 0 bridgehead atoms. The fourth-order valence-corrected chi connectivity index (χ4v) is 1.73. The van der Waals surface area contributed by atoms with Crippen LogP contribution in [0.3, 0.4) is 0 Å². The van der Waals surface area contributed by atoms with Crippen molar-refractivity contribution in [2.24, 2.45) is 5.92 Å². The SMILES string of the molecule is CC(C)CNC(=O)C(C)SCCC(=O)O. The molecule has 0 aliphatic rings. The van der Waals surface area contributed by atoms with Gasteiger partial charge in [-0.05, 0) is 12.8 Å². The van der Waals surface area contributed by atoms with Crippen LogP contribution in [0.15, 0.2) is 0 Å². The number of thioether (sulfide) groups is 1. The molecule has 5 heteroatoms. The molecule has 1 amide bonds. The van der Waals surface area contributed by atoms with Gasteiger partial charge in [0.15, 0.2) is 0 Å². The number of carbonyl (C=O) groups excluding carboxylic acids is 1. The summed E-state index contributed by atoms with van der Waals surface area (Å²) in [5, 5.41) is 11.1. The van der Waals surface area contributed by atoms with E-state index in [-0.39, 0.29) is 17.6 Å². The highest BCUT2D eigenvalue weighted by atomic mass is 32.2. The quantitative estimate of drug-likeness (QED) is 0.696. The van der Waals surface area contributed by atoms with Gasteiger partial charge in [0, 0.05) is 12.3 Å². The van der Waals surface area contributed by atoms with Crippen molar-refractivity contribution in [1.82, 2.24) is 5.32 Å². The zero-order chi connectivity index (χ0) is 11.8. The molecule has 15 heavy (non-hydrogen) atoms. The van der Waals surface area contributed by atoms with E-state index in [4.69, 9.17) is 5.11 Å². The molecule has 88 valence electrons. The standard InChI is InChI=1S/C10H19NO3S/c1-7(2)6-11-10(14)8(3)15-5-4-9(12)13/h7-8H,4-6H2,1-3H3,(H,11,14)(H,12,13). The number of rotatable bonds is 7. The molecule has 4 nitrogen and oxygen atoms in total. The lowest BCUT2D eigenvalue weighted by Crippen LogP contribution is -2.33. The summed E-state index contributed by atoms with van der Waals surface area (Å²) in [5.41, 5.74) is 0. The Morgan fingerprint density at radius 3 is 2.40 bits per heavy atom. The predicted molar refractivity (Wildman–Crippen MR) is 62.0 cm³/mol. The van der Waals surface area contributed by atoms with Crippen LogP contribution in [0.4, 0.5) is 0 Å². The van der Waals surface area contributed by atoms with Crippen LogP contribution in [0.1, 0.15) is 27.2 Å². The van der Waals surface area contributed by atoms with Gasteiger partial charge in [-0.25, -0.2) is 0 Å². The number of carboxylic acids is 1. The molecule has 0 aliphatic heterocycles. The number of carboxylic acid groups (broad SMARTS) is 1. The number of nitrogens with one attached hydrogen (secondary N) is 1. The molecule has 0 spiro atoms. The third-order valence-corrected chi connectivity index (χ3v) is 2.89. The van der Waals surface area contributed by atoms with E-state index < -0.39 is 5.97 Å². The van der Waals surface area contributed by atoms with Crippen molar-refractivity contribution in [2.45, 2.75) is 32.4 Å². The number of amides is 1. The second kappa shape index (κ2) is 7.56. The minimum absolute atomic E-state index is 0.0147. The minimum Gasteiger partial charge on any atom is -0.481 e. The van der Waals surface area contributed by atoms with E-state index in [1.54, 1.807) is 6.92 Å². The lowest BCUT2D eigenvalue weighted by Gasteiger charge is -2.12. The van der Waals surface area contributed by atoms with Crippen LogP contribution in [0.5, 0.6) is 0 Å². The van der Waals surface area contributed by atoms with Gasteiger partial charge < -0.3 is 10.4 Å². The van der Waals surface area contributed by atoms with Crippen molar-refractivity contribution in [2.75, 3.05) is 12.3 Å². The third-order valence-electron chi connectivity index (χ3n) is 1.74. The van der Waals surface area contributed by atoms with Crippen LogP contribution in [0.2, 0.25) is 0 Å². The molecule has 0 aromatic heterocycles. The molecule has 0 radical (unpaired) electrons. The number of carbonyl (C=O) groups is 2. The molecule has 0 saturated carbocycles. The molecular formula is C10H19NO3S. The topological polar surface area (TPSA) is 66.4 Å². The summed E-state index contributed by atoms with van der Waals surface area (Å²) >= 11 is 1.37. The van der Waals surface area contributed by atoms with Gasteiger partial charge in [0.1, 0.15) is 0 Å². The molecule has 0 heterocycles. The molecule has 1 unspecified atom stereocenters. The van der Waals surface area contributed by atoms with Crippen molar-refractivity contribution in [1.29, 1.82) is 0 Å². The average Bonchev–Trinajstić information content (AvgIpc) is 2.13. The Labute approximate surface area is 94.8 Å². The Bertz CT molecular complexity index is 219. The third kappa shape index (κ3) is 8.30. The summed E-state index contributed by atoms with van der Waals surface area (Å²) in [6, 6.07) is 0. The summed E-state index contributed by atoms with van der Waals surface area (Å²) in [6.07, 6.45) is 0.104. The van der Waals surface area contributed by atoms with Crippen LogP contribution >= 0.6 is 11.8 Å². The number of aliphatic carboxylic acids is 1. The monoisotopic (exact) mass is 233 g/mol. The minimum atomic E-state index is -0.822. The normalized spacial score (nSPS) is 12.5. The van der Waals surface area contributed by atoms with E-state index >= 15 is 0 Å². The zero-order valence-corrected chi connectivity index (χ0v) is 10.3. The highest BCUT2D eigenvalue weighted by Gasteiger charge is 2.13. The summed E-state index contributed by atoms with van der Waals surface area (Å²) < 4.78 is 0. The van der Waals surface area contributed by atoms with E-state index in [9.17, 15) is 9.59 Å². The van der Waals surface area contributed by atoms with E-state index in [2.05, 4.69) is 5.32 Å². The van der Waals surface area contributed by atoms with Crippen molar-refractivity contribution in [3.8, 4) is 0 Å². The van der Waals surface area contributed by atoms with Crippen LogP contribution in [0, 0.1) is 5.92 Å². The van der Waals surface area contributed by atoms with E-state index in [1.807, 2.05) is 13.8 Å². The summed E-state index contributed by atoms with van der Waals surface area (Å²) in [4.78, 5) is 21.7.